The van der Waals surface area contributed by atoms with Gasteiger partial charge >= 0.3 is 0 Å². The molecule has 7 rings (SSSR count). The lowest BCUT2D eigenvalue weighted by molar-refractivity contribution is -0.136. The summed E-state index contributed by atoms with van der Waals surface area (Å²) in [5.74, 6) is 1.41. The van der Waals surface area contributed by atoms with Gasteiger partial charge in [0.2, 0.25) is 11.8 Å². The van der Waals surface area contributed by atoms with Crippen molar-refractivity contribution in [1.29, 1.82) is 0 Å². The van der Waals surface area contributed by atoms with E-state index >= 15 is 0 Å². The predicted octanol–water partition coefficient (Wildman–Crippen LogP) is 5.89. The minimum Gasteiger partial charge on any atom is -0.496 e. The van der Waals surface area contributed by atoms with Gasteiger partial charge in [-0.2, -0.15) is 0 Å². The van der Waals surface area contributed by atoms with Gasteiger partial charge in [0.25, 0.3) is 5.91 Å². The predicted molar refractivity (Wildman–Crippen MR) is 196 cm³/mol. The number of pyridine rings is 1. The highest BCUT2D eigenvalue weighted by Gasteiger charge is 2.39. The van der Waals surface area contributed by atoms with Crippen LogP contribution in [0.2, 0.25) is 0 Å². The second-order valence-corrected chi connectivity index (χ2v) is 13.8. The third-order valence-electron chi connectivity index (χ3n) is 9.17. The van der Waals surface area contributed by atoms with Crippen LogP contribution in [-0.2, 0) is 27.3 Å². The van der Waals surface area contributed by atoms with E-state index in [1.54, 1.807) is 30.6 Å². The van der Waals surface area contributed by atoms with Crippen molar-refractivity contribution in [2.75, 3.05) is 45.9 Å². The Morgan fingerprint density at radius 3 is 2.57 bits per heavy atom. The lowest BCUT2D eigenvalue weighted by Gasteiger charge is -2.29. The molecule has 1 unspecified atom stereocenters. The molecule has 1 saturated heterocycles. The SMILES string of the molecule is COc1cc(-c2ccc(N(C)C)nc2)ccc1-c1nc2ccc(CCCOCCOc3ccc4c(c3)CN(C3CCC(=O)NC3=O)C4=O)cc2s1. The minimum absolute atomic E-state index is 0.199. The Morgan fingerprint density at radius 2 is 1.78 bits per heavy atom. The van der Waals surface area contributed by atoms with E-state index in [0.717, 1.165) is 61.9 Å². The van der Waals surface area contributed by atoms with Crippen LogP contribution < -0.4 is 19.7 Å². The van der Waals surface area contributed by atoms with E-state index in [4.69, 9.17) is 19.2 Å². The fourth-order valence-corrected chi connectivity index (χ4v) is 7.51. The molecule has 1 N–H and O–H groups in total. The summed E-state index contributed by atoms with van der Waals surface area (Å²) in [7, 11) is 5.63. The number of benzene rings is 3. The van der Waals surface area contributed by atoms with Crippen molar-refractivity contribution in [3.8, 4) is 33.2 Å². The number of anilines is 1. The lowest BCUT2D eigenvalue weighted by Crippen LogP contribution is -2.52. The molecule has 1 fully saturated rings. The number of carbonyl (C=O) groups excluding carboxylic acids is 3. The number of amides is 3. The Hall–Kier alpha value is -5.33. The van der Waals surface area contributed by atoms with Crippen LogP contribution in [0.15, 0.2) is 72.9 Å². The van der Waals surface area contributed by atoms with Crippen molar-refractivity contribution in [1.82, 2.24) is 20.2 Å². The van der Waals surface area contributed by atoms with Crippen LogP contribution in [0.4, 0.5) is 5.82 Å². The Morgan fingerprint density at radius 1 is 0.941 bits per heavy atom. The smallest absolute Gasteiger partial charge is 0.255 e. The molecule has 0 saturated carbocycles. The van der Waals surface area contributed by atoms with Crippen LogP contribution in [0.25, 0.3) is 31.9 Å². The van der Waals surface area contributed by atoms with Crippen LogP contribution in [0, 0.1) is 0 Å². The average molecular weight is 706 g/mol. The van der Waals surface area contributed by atoms with E-state index in [1.165, 1.54) is 10.5 Å². The molecule has 262 valence electrons. The number of imide groups is 1. The normalized spacial score (nSPS) is 15.6. The zero-order valence-corrected chi connectivity index (χ0v) is 29.6. The maximum Gasteiger partial charge on any atom is 0.255 e. The standard InChI is InChI=1S/C39H39N5O6S/c1-43(2)35-14-8-26(22-40-35)25-7-10-30(33(21-25)48-3)38-41-31-12-6-24(19-34(31)51-38)5-4-16-49-17-18-50-28-9-11-29-27(20-28)23-44(39(29)47)32-13-15-36(45)42-37(32)46/h6-12,14,19-22,32H,4-5,13,15-18,23H2,1-3H3,(H,42,45,46). The van der Waals surface area contributed by atoms with Crippen LogP contribution in [-0.4, -0.2) is 79.7 Å². The zero-order valence-electron chi connectivity index (χ0n) is 28.8. The van der Waals surface area contributed by atoms with Gasteiger partial charge in [-0.25, -0.2) is 9.97 Å². The average Bonchev–Trinajstić information content (AvgIpc) is 3.71. The van der Waals surface area contributed by atoms with Crippen molar-refractivity contribution in [2.24, 2.45) is 0 Å². The van der Waals surface area contributed by atoms with Gasteiger partial charge in [-0.3, -0.25) is 19.7 Å². The van der Waals surface area contributed by atoms with E-state index in [1.807, 2.05) is 43.4 Å². The first-order chi connectivity index (χ1) is 24.8. The zero-order chi connectivity index (χ0) is 35.5. The van der Waals surface area contributed by atoms with E-state index in [2.05, 4.69) is 46.7 Å². The van der Waals surface area contributed by atoms with Gasteiger partial charge in [-0.05, 0) is 90.6 Å². The first kappa shape index (κ1) is 34.1. The molecule has 2 aliphatic heterocycles. The number of aryl methyl sites for hydroxylation is 1. The Kier molecular flexibility index (Phi) is 9.96. The van der Waals surface area contributed by atoms with Gasteiger partial charge in [-0.15, -0.1) is 11.3 Å². The number of piperidine rings is 1. The van der Waals surface area contributed by atoms with Crippen LogP contribution in [0.5, 0.6) is 11.5 Å². The molecule has 5 aromatic rings. The summed E-state index contributed by atoms with van der Waals surface area (Å²) < 4.78 is 18.7. The van der Waals surface area contributed by atoms with E-state index in [9.17, 15) is 14.4 Å². The summed E-state index contributed by atoms with van der Waals surface area (Å²) in [5.41, 5.74) is 6.58. The van der Waals surface area contributed by atoms with Gasteiger partial charge in [0, 0.05) is 51.0 Å². The highest BCUT2D eigenvalue weighted by Crippen LogP contribution is 2.38. The van der Waals surface area contributed by atoms with Crippen LogP contribution in [0.3, 0.4) is 0 Å². The Bertz CT molecular complexity index is 2100. The molecule has 3 amide bonds. The second-order valence-electron chi connectivity index (χ2n) is 12.8. The second kappa shape index (κ2) is 14.9. The molecule has 0 aliphatic carbocycles. The van der Waals surface area contributed by atoms with Gasteiger partial charge in [0.15, 0.2) is 0 Å². The summed E-state index contributed by atoms with van der Waals surface area (Å²) in [6.07, 6.45) is 4.19. The molecular weight excluding hydrogens is 667 g/mol. The maximum atomic E-state index is 12.9. The number of nitrogens with one attached hydrogen (secondary N) is 1. The van der Waals surface area contributed by atoms with Crippen molar-refractivity contribution in [2.45, 2.75) is 38.3 Å². The summed E-state index contributed by atoms with van der Waals surface area (Å²) in [6.45, 7) is 1.73. The number of hydrogen-bond acceptors (Lipinski definition) is 10. The van der Waals surface area contributed by atoms with E-state index < -0.39 is 11.9 Å². The Labute approximate surface area is 300 Å². The topological polar surface area (TPSA) is 123 Å². The largest absolute Gasteiger partial charge is 0.496 e. The number of methoxy groups -OCH3 is 1. The van der Waals surface area contributed by atoms with Gasteiger partial charge < -0.3 is 24.0 Å². The molecular formula is C39H39N5O6S. The highest BCUT2D eigenvalue weighted by atomic mass is 32.1. The monoisotopic (exact) mass is 705 g/mol. The van der Waals surface area contributed by atoms with Crippen LogP contribution >= 0.6 is 11.3 Å². The number of fused-ring (bicyclic) bond motifs is 2. The highest BCUT2D eigenvalue weighted by molar-refractivity contribution is 7.21. The number of carbonyl (C=O) groups is 3. The lowest BCUT2D eigenvalue weighted by atomic mass is 10.0. The molecule has 51 heavy (non-hydrogen) atoms. The third-order valence-corrected chi connectivity index (χ3v) is 10.2. The van der Waals surface area contributed by atoms with Crippen molar-refractivity contribution >= 4 is 45.1 Å². The summed E-state index contributed by atoms with van der Waals surface area (Å²) in [5, 5.41) is 3.24. The molecule has 3 aromatic carbocycles. The molecule has 11 nitrogen and oxygen atoms in total. The number of ether oxygens (including phenoxy) is 3. The molecule has 0 spiro atoms. The molecule has 1 atom stereocenters. The number of thiazole rings is 1. The van der Waals surface area contributed by atoms with Gasteiger partial charge in [0.1, 0.15) is 35.0 Å². The van der Waals surface area contributed by atoms with Crippen molar-refractivity contribution in [3.63, 3.8) is 0 Å². The first-order valence-electron chi connectivity index (χ1n) is 17.0. The summed E-state index contributed by atoms with van der Waals surface area (Å²) >= 11 is 1.66. The molecule has 0 radical (unpaired) electrons. The molecule has 2 aliphatic rings. The summed E-state index contributed by atoms with van der Waals surface area (Å²) in [4.78, 5) is 49.7. The van der Waals surface area contributed by atoms with E-state index in [0.29, 0.717) is 44.1 Å². The van der Waals surface area contributed by atoms with Crippen molar-refractivity contribution in [3.05, 3.63) is 89.6 Å². The van der Waals surface area contributed by atoms with Crippen molar-refractivity contribution < 1.29 is 28.6 Å². The number of rotatable bonds is 13. The third kappa shape index (κ3) is 7.42. The molecule has 4 heterocycles. The maximum absolute atomic E-state index is 12.9. The Balaban J connectivity index is 0.879. The fraction of sp³-hybridized carbons (Fsp3) is 0.308. The molecule has 12 heteroatoms. The molecule has 0 bridgehead atoms. The first-order valence-corrected chi connectivity index (χ1v) is 17.8. The quantitative estimate of drug-likeness (QED) is 0.118. The number of nitrogens with zero attached hydrogens (tertiary/aromatic N) is 4. The fourth-order valence-electron chi connectivity index (χ4n) is 6.45. The minimum atomic E-state index is -0.634. The van der Waals surface area contributed by atoms with Gasteiger partial charge in [0.05, 0.1) is 29.5 Å². The van der Waals surface area contributed by atoms with E-state index in [-0.39, 0.29) is 18.2 Å². The van der Waals surface area contributed by atoms with Gasteiger partial charge in [-0.1, -0.05) is 12.1 Å². The van der Waals surface area contributed by atoms with Crippen LogP contribution in [0.1, 0.15) is 40.7 Å². The summed E-state index contributed by atoms with van der Waals surface area (Å²) in [6, 6.07) is 21.4. The number of aromatic nitrogens is 2. The molecule has 2 aromatic heterocycles. The number of hydrogen-bond donors (Lipinski definition) is 1.